The van der Waals surface area contributed by atoms with Crippen molar-refractivity contribution in [3.63, 3.8) is 0 Å². The summed E-state index contributed by atoms with van der Waals surface area (Å²) in [5.74, 6) is 0.697. The van der Waals surface area contributed by atoms with Gasteiger partial charge < -0.3 is 4.42 Å². The Kier molecular flexibility index (Phi) is 3.52. The van der Waals surface area contributed by atoms with Gasteiger partial charge in [-0.2, -0.15) is 0 Å². The fourth-order valence-corrected chi connectivity index (χ4v) is 3.09. The summed E-state index contributed by atoms with van der Waals surface area (Å²) >= 11 is 12.4. The lowest BCUT2D eigenvalue weighted by Gasteiger charge is -2.16. The second-order valence-electron chi connectivity index (χ2n) is 5.04. The molecule has 1 unspecified atom stereocenters. The maximum Gasteiger partial charge on any atom is 0.140 e. The minimum atomic E-state index is -0.373. The maximum absolute atomic E-state index is 6.38. The van der Waals surface area contributed by atoms with Crippen LogP contribution in [0.4, 0.5) is 0 Å². The van der Waals surface area contributed by atoms with Gasteiger partial charge in [-0.05, 0) is 34.7 Å². The third kappa shape index (κ3) is 2.58. The van der Waals surface area contributed by atoms with Crippen molar-refractivity contribution in [2.75, 3.05) is 0 Å². The summed E-state index contributed by atoms with van der Waals surface area (Å²) in [5, 5.41) is 13.5. The highest BCUT2D eigenvalue weighted by Gasteiger charge is 2.24. The van der Waals surface area contributed by atoms with Crippen molar-refractivity contribution in [1.29, 1.82) is 0 Å². The molecule has 0 aliphatic heterocycles. The Labute approximate surface area is 141 Å². The normalized spacial score (nSPS) is 12.6. The molecule has 7 heteroatoms. The minimum Gasteiger partial charge on any atom is -0.458 e. The SMILES string of the molecule is Clc1ccc(C(c2cc3ccccc3o2)n2cnnn2)c(Cl)c1. The molecule has 1 atom stereocenters. The van der Waals surface area contributed by atoms with Crippen LogP contribution in [-0.4, -0.2) is 20.2 Å². The van der Waals surface area contributed by atoms with Crippen LogP contribution >= 0.6 is 23.2 Å². The molecule has 2 aromatic heterocycles. The van der Waals surface area contributed by atoms with Gasteiger partial charge in [-0.15, -0.1) is 5.10 Å². The van der Waals surface area contributed by atoms with E-state index in [1.165, 1.54) is 6.33 Å². The number of hydrogen-bond acceptors (Lipinski definition) is 4. The lowest BCUT2D eigenvalue weighted by atomic mass is 10.0. The van der Waals surface area contributed by atoms with Crippen LogP contribution < -0.4 is 0 Å². The predicted molar refractivity (Wildman–Crippen MR) is 87.7 cm³/mol. The Hall–Kier alpha value is -2.37. The number of benzene rings is 2. The highest BCUT2D eigenvalue weighted by molar-refractivity contribution is 6.35. The number of rotatable bonds is 3. The first-order chi connectivity index (χ1) is 11.2. The average molecular weight is 345 g/mol. The van der Waals surface area contributed by atoms with Crippen LogP contribution in [0.2, 0.25) is 10.0 Å². The summed E-state index contributed by atoms with van der Waals surface area (Å²) in [4.78, 5) is 0. The molecule has 0 N–H and O–H groups in total. The van der Waals surface area contributed by atoms with Crippen LogP contribution in [0.15, 0.2) is 59.3 Å². The van der Waals surface area contributed by atoms with E-state index in [0.29, 0.717) is 15.8 Å². The van der Waals surface area contributed by atoms with Gasteiger partial charge in [0.15, 0.2) is 0 Å². The number of nitrogens with zero attached hydrogens (tertiary/aromatic N) is 4. The molecule has 114 valence electrons. The Morgan fingerprint density at radius 1 is 1.04 bits per heavy atom. The second-order valence-corrected chi connectivity index (χ2v) is 5.89. The van der Waals surface area contributed by atoms with Crippen LogP contribution in [0, 0.1) is 0 Å². The van der Waals surface area contributed by atoms with E-state index >= 15 is 0 Å². The van der Waals surface area contributed by atoms with Crippen molar-refractivity contribution in [2.24, 2.45) is 0 Å². The number of furan rings is 1. The first-order valence-corrected chi connectivity index (χ1v) is 7.64. The van der Waals surface area contributed by atoms with Crippen molar-refractivity contribution in [2.45, 2.75) is 6.04 Å². The molecule has 23 heavy (non-hydrogen) atoms. The molecule has 0 saturated heterocycles. The Morgan fingerprint density at radius 3 is 2.65 bits per heavy atom. The molecule has 0 aliphatic carbocycles. The number of hydrogen-bond donors (Lipinski definition) is 0. The van der Waals surface area contributed by atoms with Crippen molar-refractivity contribution in [3.8, 4) is 0 Å². The smallest absolute Gasteiger partial charge is 0.140 e. The van der Waals surface area contributed by atoms with Crippen LogP contribution in [-0.2, 0) is 0 Å². The number of aromatic nitrogens is 4. The first-order valence-electron chi connectivity index (χ1n) is 6.88. The molecular weight excluding hydrogens is 335 g/mol. The molecule has 0 bridgehead atoms. The summed E-state index contributed by atoms with van der Waals surface area (Å²) in [6.45, 7) is 0. The van der Waals surface area contributed by atoms with Crippen LogP contribution in [0.1, 0.15) is 17.4 Å². The third-order valence-electron chi connectivity index (χ3n) is 3.60. The topological polar surface area (TPSA) is 56.7 Å². The fraction of sp³-hybridized carbons (Fsp3) is 0.0625. The fourth-order valence-electron chi connectivity index (χ4n) is 2.57. The van der Waals surface area contributed by atoms with Crippen molar-refractivity contribution >= 4 is 34.2 Å². The molecule has 4 aromatic rings. The monoisotopic (exact) mass is 344 g/mol. The lowest BCUT2D eigenvalue weighted by Crippen LogP contribution is -2.13. The van der Waals surface area contributed by atoms with Gasteiger partial charge in [0.05, 0.1) is 0 Å². The van der Waals surface area contributed by atoms with E-state index in [0.717, 1.165) is 16.5 Å². The molecule has 2 heterocycles. The number of fused-ring (bicyclic) bond motifs is 1. The third-order valence-corrected chi connectivity index (χ3v) is 4.16. The molecular formula is C16H10Cl2N4O. The van der Waals surface area contributed by atoms with Crippen LogP contribution in [0.3, 0.4) is 0 Å². The lowest BCUT2D eigenvalue weighted by molar-refractivity contribution is 0.456. The molecule has 0 saturated carbocycles. The van der Waals surface area contributed by atoms with Gasteiger partial charge in [0.2, 0.25) is 0 Å². The minimum absolute atomic E-state index is 0.373. The quantitative estimate of drug-likeness (QED) is 0.553. The summed E-state index contributed by atoms with van der Waals surface area (Å²) in [7, 11) is 0. The van der Waals surface area contributed by atoms with Crippen LogP contribution in [0.25, 0.3) is 11.0 Å². The summed E-state index contributed by atoms with van der Waals surface area (Å²) < 4.78 is 7.59. The average Bonchev–Trinajstić information content (AvgIpc) is 3.19. The molecule has 0 radical (unpaired) electrons. The van der Waals surface area contributed by atoms with E-state index in [4.69, 9.17) is 27.6 Å². The van der Waals surface area contributed by atoms with Crippen molar-refractivity contribution in [1.82, 2.24) is 20.2 Å². The Bertz CT molecular complexity index is 932. The van der Waals surface area contributed by atoms with Crippen LogP contribution in [0.5, 0.6) is 0 Å². The zero-order valence-corrected chi connectivity index (χ0v) is 13.2. The van der Waals surface area contributed by atoms with E-state index in [9.17, 15) is 0 Å². The Balaban J connectivity index is 1.92. The van der Waals surface area contributed by atoms with Crippen molar-refractivity contribution in [3.05, 3.63) is 76.2 Å². The summed E-state index contributed by atoms with van der Waals surface area (Å²) in [6, 6.07) is 14.7. The molecule has 0 aliphatic rings. The van der Waals surface area contributed by atoms with Gasteiger partial charge in [-0.3, -0.25) is 0 Å². The first kappa shape index (κ1) is 14.2. The zero-order chi connectivity index (χ0) is 15.8. The molecule has 0 fully saturated rings. The number of halogens is 2. The van der Waals surface area contributed by atoms with E-state index in [2.05, 4.69) is 15.5 Å². The van der Waals surface area contributed by atoms with E-state index in [-0.39, 0.29) is 6.04 Å². The second kappa shape index (κ2) is 5.68. The van der Waals surface area contributed by atoms with E-state index < -0.39 is 0 Å². The number of tetrazole rings is 1. The summed E-state index contributed by atoms with van der Waals surface area (Å²) in [6.07, 6.45) is 1.53. The van der Waals surface area contributed by atoms with Gasteiger partial charge in [0, 0.05) is 21.0 Å². The van der Waals surface area contributed by atoms with Crippen molar-refractivity contribution < 1.29 is 4.42 Å². The van der Waals surface area contributed by atoms with Gasteiger partial charge in [0.25, 0.3) is 0 Å². The summed E-state index contributed by atoms with van der Waals surface area (Å²) in [5.41, 5.74) is 1.60. The standard InChI is InChI=1S/C16H10Cl2N4O/c17-11-5-6-12(13(18)8-11)16(22-9-19-20-21-22)15-7-10-3-1-2-4-14(10)23-15/h1-9,16H. The van der Waals surface area contributed by atoms with Gasteiger partial charge in [0.1, 0.15) is 23.7 Å². The van der Waals surface area contributed by atoms with Gasteiger partial charge in [-0.25, -0.2) is 4.68 Å². The highest BCUT2D eigenvalue weighted by Crippen LogP contribution is 2.35. The molecule has 2 aromatic carbocycles. The molecule has 5 nitrogen and oxygen atoms in total. The predicted octanol–water partition coefficient (Wildman–Crippen LogP) is 4.36. The Morgan fingerprint density at radius 2 is 1.91 bits per heavy atom. The molecule has 0 amide bonds. The largest absolute Gasteiger partial charge is 0.458 e. The number of para-hydroxylation sites is 1. The maximum atomic E-state index is 6.38. The van der Waals surface area contributed by atoms with Gasteiger partial charge in [-0.1, -0.05) is 47.5 Å². The van der Waals surface area contributed by atoms with E-state index in [1.807, 2.05) is 36.4 Å². The zero-order valence-electron chi connectivity index (χ0n) is 11.7. The molecule has 0 spiro atoms. The molecule has 4 rings (SSSR count). The van der Waals surface area contributed by atoms with Gasteiger partial charge >= 0.3 is 0 Å². The highest BCUT2D eigenvalue weighted by atomic mass is 35.5. The van der Waals surface area contributed by atoms with E-state index in [1.54, 1.807) is 16.8 Å².